The fourth-order valence-electron chi connectivity index (χ4n) is 0.922. The number of nitrogens with two attached hydrogens (primary N) is 1. The van der Waals surface area contributed by atoms with E-state index < -0.39 is 22.5 Å². The lowest BCUT2D eigenvalue weighted by atomic mass is 9.97. The van der Waals surface area contributed by atoms with Crippen LogP contribution in [0.2, 0.25) is 0 Å². The second-order valence-corrected chi connectivity index (χ2v) is 2.73. The topological polar surface area (TPSA) is 106 Å². The van der Waals surface area contributed by atoms with Gasteiger partial charge in [0.15, 0.2) is 0 Å². The van der Waals surface area contributed by atoms with Gasteiger partial charge in [-0.15, -0.1) is 0 Å². The maximum Gasteiger partial charge on any atom is 0.314 e. The largest absolute Gasteiger partial charge is 0.481 e. The van der Waals surface area contributed by atoms with E-state index in [9.17, 15) is 14.9 Å². The van der Waals surface area contributed by atoms with Gasteiger partial charge in [0.1, 0.15) is 0 Å². The number of carboxylic acids is 1. The molecule has 6 heteroatoms. The van der Waals surface area contributed by atoms with Gasteiger partial charge in [-0.1, -0.05) is 12.2 Å². The van der Waals surface area contributed by atoms with Crippen LogP contribution in [-0.4, -0.2) is 21.7 Å². The van der Waals surface area contributed by atoms with Crippen LogP contribution >= 0.6 is 0 Å². The summed E-state index contributed by atoms with van der Waals surface area (Å²) in [5.74, 6) is -1.88. The smallest absolute Gasteiger partial charge is 0.314 e. The minimum atomic E-state index is -1.76. The highest BCUT2D eigenvalue weighted by molar-refractivity contribution is 5.74. The molecule has 70 valence electrons. The molecule has 0 amide bonds. The molecule has 0 saturated heterocycles. The molecular weight excluding hydrogens is 176 g/mol. The average Bonchev–Trinajstić information content (AvgIpc) is 2.04. The van der Waals surface area contributed by atoms with Crippen molar-refractivity contribution in [1.29, 1.82) is 0 Å². The third-order valence-corrected chi connectivity index (χ3v) is 1.74. The summed E-state index contributed by atoms with van der Waals surface area (Å²) in [4.78, 5) is 20.1. The molecule has 0 radical (unpaired) electrons. The summed E-state index contributed by atoms with van der Waals surface area (Å²) < 4.78 is 0. The molecule has 0 spiro atoms. The molecule has 0 aliphatic heterocycles. The van der Waals surface area contributed by atoms with Crippen LogP contribution < -0.4 is 5.73 Å². The summed E-state index contributed by atoms with van der Waals surface area (Å²) in [6.07, 6.45) is 4.55. The predicted octanol–water partition coefficient (Wildman–Crippen LogP) is -0.255. The second kappa shape index (κ2) is 2.98. The Morgan fingerprint density at radius 2 is 2.00 bits per heavy atom. The van der Waals surface area contributed by atoms with E-state index in [0.717, 1.165) is 12.2 Å². The van der Waals surface area contributed by atoms with E-state index in [2.05, 4.69) is 0 Å². The van der Waals surface area contributed by atoms with Gasteiger partial charge in [0.05, 0.1) is 10.8 Å². The highest BCUT2D eigenvalue weighted by atomic mass is 16.6. The van der Waals surface area contributed by atoms with Gasteiger partial charge in [-0.25, -0.2) is 0 Å². The fourth-order valence-corrected chi connectivity index (χ4v) is 0.922. The normalized spacial score (nSPS) is 31.6. The van der Waals surface area contributed by atoms with E-state index in [1.807, 2.05) is 0 Å². The van der Waals surface area contributed by atoms with Crippen LogP contribution in [0.3, 0.4) is 0 Å². The van der Waals surface area contributed by atoms with E-state index in [1.54, 1.807) is 0 Å². The number of hydrogen-bond acceptors (Lipinski definition) is 4. The minimum absolute atomic E-state index is 0.682. The molecule has 3 N–H and O–H groups in total. The molecule has 0 aromatic heterocycles. The molecule has 1 aliphatic carbocycles. The number of nitro groups is 1. The number of aliphatic carboxylic acids is 1. The Morgan fingerprint density at radius 3 is 2.31 bits per heavy atom. The van der Waals surface area contributed by atoms with Gasteiger partial charge in [0.25, 0.3) is 0 Å². The Kier molecular flexibility index (Phi) is 2.16. The van der Waals surface area contributed by atoms with E-state index in [4.69, 9.17) is 10.8 Å². The minimum Gasteiger partial charge on any atom is -0.481 e. The van der Waals surface area contributed by atoms with Crippen LogP contribution in [0.25, 0.3) is 0 Å². The van der Waals surface area contributed by atoms with Crippen molar-refractivity contribution in [3.05, 3.63) is 34.4 Å². The van der Waals surface area contributed by atoms with E-state index in [0.29, 0.717) is 0 Å². The van der Waals surface area contributed by atoms with Gasteiger partial charge in [-0.05, 0) is 0 Å². The van der Waals surface area contributed by atoms with Gasteiger partial charge in [-0.3, -0.25) is 20.6 Å². The number of nitrogens with zero attached hydrogens (tertiary/aromatic N) is 1. The van der Waals surface area contributed by atoms with Crippen molar-refractivity contribution in [3.8, 4) is 0 Å². The summed E-state index contributed by atoms with van der Waals surface area (Å²) >= 11 is 0. The van der Waals surface area contributed by atoms with Crippen LogP contribution in [0.1, 0.15) is 0 Å². The third kappa shape index (κ3) is 1.73. The Balaban J connectivity index is 2.85. The zero-order valence-electron chi connectivity index (χ0n) is 6.58. The summed E-state index contributed by atoms with van der Waals surface area (Å²) in [5, 5.41) is 18.9. The molecule has 0 aromatic carbocycles. The van der Waals surface area contributed by atoms with Crippen LogP contribution in [0.15, 0.2) is 24.3 Å². The lowest BCUT2D eigenvalue weighted by Gasteiger charge is -2.16. The van der Waals surface area contributed by atoms with Crippen molar-refractivity contribution in [2.45, 2.75) is 5.66 Å². The summed E-state index contributed by atoms with van der Waals surface area (Å²) in [5.41, 5.74) is 3.54. The first-order valence-electron chi connectivity index (χ1n) is 3.50. The van der Waals surface area contributed by atoms with Crippen molar-refractivity contribution in [3.63, 3.8) is 0 Å². The summed E-state index contributed by atoms with van der Waals surface area (Å²) in [7, 11) is 0. The van der Waals surface area contributed by atoms with Gasteiger partial charge in [0.2, 0.25) is 0 Å². The molecule has 0 heterocycles. The van der Waals surface area contributed by atoms with Crippen molar-refractivity contribution >= 4 is 5.97 Å². The average molecular weight is 184 g/mol. The fraction of sp³-hybridized carbons (Fsp3) is 0.286. The Bertz CT molecular complexity index is 294. The SMILES string of the molecule is NC1([N+](=O)[O-])C=CC(C(=O)O)C=C1. The third-order valence-electron chi connectivity index (χ3n) is 1.74. The number of rotatable bonds is 2. The summed E-state index contributed by atoms with van der Waals surface area (Å²) in [6.45, 7) is 0. The molecule has 0 fully saturated rings. The second-order valence-electron chi connectivity index (χ2n) is 2.73. The maximum atomic E-state index is 10.4. The summed E-state index contributed by atoms with van der Waals surface area (Å²) in [6, 6.07) is 0. The van der Waals surface area contributed by atoms with Gasteiger partial charge in [-0.2, -0.15) is 0 Å². The molecule has 0 aromatic rings. The van der Waals surface area contributed by atoms with Gasteiger partial charge < -0.3 is 5.11 Å². The standard InChI is InChI=1S/C7H8N2O4/c8-7(9(12)13)3-1-5(2-4-7)6(10)11/h1-5H,8H2,(H,10,11). The molecule has 0 atom stereocenters. The Hall–Kier alpha value is -1.69. The van der Waals surface area contributed by atoms with E-state index >= 15 is 0 Å². The van der Waals surface area contributed by atoms with Crippen LogP contribution in [0.4, 0.5) is 0 Å². The van der Waals surface area contributed by atoms with Gasteiger partial charge in [0, 0.05) is 12.2 Å². The highest BCUT2D eigenvalue weighted by Gasteiger charge is 2.35. The molecule has 0 saturated carbocycles. The number of hydrogen-bond donors (Lipinski definition) is 2. The maximum absolute atomic E-state index is 10.4. The monoisotopic (exact) mass is 184 g/mol. The molecule has 1 rings (SSSR count). The lowest BCUT2D eigenvalue weighted by Crippen LogP contribution is -2.45. The van der Waals surface area contributed by atoms with Crippen molar-refractivity contribution in [2.75, 3.05) is 0 Å². The van der Waals surface area contributed by atoms with Crippen LogP contribution in [0, 0.1) is 16.0 Å². The first kappa shape index (κ1) is 9.40. The number of carboxylic acid groups (broad SMARTS) is 1. The Morgan fingerprint density at radius 1 is 1.54 bits per heavy atom. The van der Waals surface area contributed by atoms with Crippen molar-refractivity contribution < 1.29 is 14.8 Å². The van der Waals surface area contributed by atoms with Crippen LogP contribution in [0.5, 0.6) is 0 Å². The number of carbonyl (C=O) groups is 1. The van der Waals surface area contributed by atoms with E-state index in [-0.39, 0.29) is 0 Å². The molecular formula is C7H8N2O4. The lowest BCUT2D eigenvalue weighted by molar-refractivity contribution is -0.539. The molecule has 6 nitrogen and oxygen atoms in total. The zero-order valence-corrected chi connectivity index (χ0v) is 6.58. The highest BCUT2D eigenvalue weighted by Crippen LogP contribution is 2.16. The van der Waals surface area contributed by atoms with Gasteiger partial charge >= 0.3 is 11.6 Å². The zero-order chi connectivity index (χ0) is 10.1. The Labute approximate surface area is 73.5 Å². The quantitative estimate of drug-likeness (QED) is 0.266. The molecule has 0 bridgehead atoms. The predicted molar refractivity (Wildman–Crippen MR) is 43.3 cm³/mol. The van der Waals surface area contributed by atoms with E-state index in [1.165, 1.54) is 12.2 Å². The van der Waals surface area contributed by atoms with Crippen LogP contribution in [-0.2, 0) is 4.79 Å². The first-order chi connectivity index (χ1) is 5.96. The first-order valence-corrected chi connectivity index (χ1v) is 3.50. The van der Waals surface area contributed by atoms with Crippen molar-refractivity contribution in [1.82, 2.24) is 0 Å². The molecule has 0 unspecified atom stereocenters. The molecule has 1 aliphatic rings. The van der Waals surface area contributed by atoms with Crippen molar-refractivity contribution in [2.24, 2.45) is 11.7 Å². The molecule has 13 heavy (non-hydrogen) atoms.